The van der Waals surface area contributed by atoms with Crippen LogP contribution in [0.3, 0.4) is 0 Å². The maximum atomic E-state index is 12.5. The van der Waals surface area contributed by atoms with Gasteiger partial charge < -0.3 is 10.0 Å². The molecule has 0 saturated heterocycles. The number of carboxylic acids is 1. The molecule has 0 aromatic heterocycles. The molecule has 2 aliphatic rings. The molecular formula is C17H19NO3. The molecule has 1 fully saturated rings. The van der Waals surface area contributed by atoms with Crippen molar-refractivity contribution in [2.24, 2.45) is 5.92 Å². The van der Waals surface area contributed by atoms with Crippen LogP contribution in [-0.2, 0) is 16.0 Å². The lowest BCUT2D eigenvalue weighted by molar-refractivity contribution is -0.149. The minimum atomic E-state index is -0.965. The van der Waals surface area contributed by atoms with Crippen molar-refractivity contribution in [3.05, 3.63) is 47.0 Å². The van der Waals surface area contributed by atoms with Crippen molar-refractivity contribution in [3.8, 4) is 0 Å². The Bertz CT molecular complexity index is 616. The fourth-order valence-corrected chi connectivity index (χ4v) is 3.00. The Morgan fingerprint density at radius 2 is 2.00 bits per heavy atom. The number of hydrogen-bond acceptors (Lipinski definition) is 2. The normalized spacial score (nSPS) is 21.9. The average molecular weight is 285 g/mol. The average Bonchev–Trinajstić information content (AvgIpc) is 3.30. The summed E-state index contributed by atoms with van der Waals surface area (Å²) in [6.45, 7) is 2.42. The summed E-state index contributed by atoms with van der Waals surface area (Å²) in [4.78, 5) is 25.6. The molecule has 21 heavy (non-hydrogen) atoms. The van der Waals surface area contributed by atoms with Crippen molar-refractivity contribution in [2.45, 2.75) is 32.2 Å². The Hall–Kier alpha value is -2.10. The number of allylic oxidation sites excluding steroid dienone is 1. The lowest BCUT2D eigenvalue weighted by Crippen LogP contribution is -2.42. The first-order chi connectivity index (χ1) is 10.1. The molecule has 1 atom stereocenters. The fourth-order valence-electron chi connectivity index (χ4n) is 3.00. The third-order valence-electron chi connectivity index (χ3n) is 4.37. The molecule has 1 unspecified atom stereocenters. The Labute approximate surface area is 124 Å². The van der Waals surface area contributed by atoms with Gasteiger partial charge in [0, 0.05) is 12.6 Å². The second kappa shape index (κ2) is 5.35. The van der Waals surface area contributed by atoms with Gasteiger partial charge in [-0.25, -0.2) is 4.79 Å². The van der Waals surface area contributed by atoms with Crippen molar-refractivity contribution in [3.63, 3.8) is 0 Å². The van der Waals surface area contributed by atoms with Crippen LogP contribution in [0, 0.1) is 5.92 Å². The zero-order valence-electron chi connectivity index (χ0n) is 12.1. The van der Waals surface area contributed by atoms with Crippen LogP contribution in [0.15, 0.2) is 35.9 Å². The monoisotopic (exact) mass is 285 g/mol. The van der Waals surface area contributed by atoms with E-state index >= 15 is 0 Å². The van der Waals surface area contributed by atoms with Gasteiger partial charge in [0.05, 0.1) is 0 Å². The zero-order chi connectivity index (χ0) is 15.0. The highest BCUT2D eigenvalue weighted by Gasteiger charge is 2.35. The van der Waals surface area contributed by atoms with E-state index in [2.05, 4.69) is 0 Å². The van der Waals surface area contributed by atoms with Crippen LogP contribution < -0.4 is 0 Å². The summed E-state index contributed by atoms with van der Waals surface area (Å²) < 4.78 is 0. The number of amides is 1. The first kappa shape index (κ1) is 13.9. The van der Waals surface area contributed by atoms with Crippen LogP contribution in [-0.4, -0.2) is 28.4 Å². The number of nitrogens with zero attached hydrogens (tertiary/aromatic N) is 1. The minimum absolute atomic E-state index is 0.179. The molecule has 1 aromatic carbocycles. The molecule has 0 spiro atoms. The minimum Gasteiger partial charge on any atom is -0.479 e. The van der Waals surface area contributed by atoms with Crippen LogP contribution in [0.4, 0.5) is 0 Å². The molecule has 110 valence electrons. The summed E-state index contributed by atoms with van der Waals surface area (Å²) in [7, 11) is 0. The van der Waals surface area contributed by atoms with Crippen LogP contribution in [0.2, 0.25) is 0 Å². The molecule has 1 N–H and O–H groups in total. The van der Waals surface area contributed by atoms with Gasteiger partial charge in [0.15, 0.2) is 6.04 Å². The molecule has 1 amide bonds. The van der Waals surface area contributed by atoms with E-state index in [1.54, 1.807) is 6.08 Å². The largest absolute Gasteiger partial charge is 0.479 e. The smallest absolute Gasteiger partial charge is 0.331 e. The third-order valence-corrected chi connectivity index (χ3v) is 4.37. The van der Waals surface area contributed by atoms with Crippen molar-refractivity contribution >= 4 is 11.9 Å². The second-order valence-corrected chi connectivity index (χ2v) is 5.88. The van der Waals surface area contributed by atoms with Gasteiger partial charge in [-0.05, 0) is 43.2 Å². The zero-order valence-corrected chi connectivity index (χ0v) is 12.1. The molecule has 4 heteroatoms. The van der Waals surface area contributed by atoms with Gasteiger partial charge in [-0.2, -0.15) is 0 Å². The number of benzene rings is 1. The molecule has 1 aliphatic carbocycles. The Morgan fingerprint density at radius 3 is 2.67 bits per heavy atom. The number of carbonyl (C=O) groups excluding carboxylic acids is 1. The van der Waals surface area contributed by atoms with E-state index < -0.39 is 12.0 Å². The SMILES string of the molecule is C/C(=C/C(=O)N1CCc2ccccc2C1C(=O)O)C1CC1. The van der Waals surface area contributed by atoms with Crippen molar-refractivity contribution in [2.75, 3.05) is 6.54 Å². The topological polar surface area (TPSA) is 57.6 Å². The highest BCUT2D eigenvalue weighted by molar-refractivity contribution is 5.92. The lowest BCUT2D eigenvalue weighted by atomic mass is 9.92. The molecule has 0 radical (unpaired) electrons. The van der Waals surface area contributed by atoms with E-state index in [0.717, 1.165) is 29.5 Å². The number of carboxylic acid groups (broad SMARTS) is 1. The van der Waals surface area contributed by atoms with Gasteiger partial charge in [0.1, 0.15) is 0 Å². The summed E-state index contributed by atoms with van der Waals surface area (Å²) >= 11 is 0. The number of carbonyl (C=O) groups is 2. The first-order valence-electron chi connectivity index (χ1n) is 7.37. The van der Waals surface area contributed by atoms with Crippen molar-refractivity contribution < 1.29 is 14.7 Å². The molecule has 0 bridgehead atoms. The molecule has 1 heterocycles. The summed E-state index contributed by atoms with van der Waals surface area (Å²) in [6.07, 6.45) is 4.62. The second-order valence-electron chi connectivity index (χ2n) is 5.88. The lowest BCUT2D eigenvalue weighted by Gasteiger charge is -2.34. The van der Waals surface area contributed by atoms with Gasteiger partial charge in [-0.1, -0.05) is 29.8 Å². The van der Waals surface area contributed by atoms with Gasteiger partial charge in [0.25, 0.3) is 0 Å². The van der Waals surface area contributed by atoms with Gasteiger partial charge in [-0.3, -0.25) is 4.79 Å². The third kappa shape index (κ3) is 2.71. The molecule has 1 aromatic rings. The summed E-state index contributed by atoms with van der Waals surface area (Å²) in [5.74, 6) is -0.622. The van der Waals surface area contributed by atoms with E-state index in [1.165, 1.54) is 4.90 Å². The van der Waals surface area contributed by atoms with Gasteiger partial charge in [0.2, 0.25) is 5.91 Å². The van der Waals surface area contributed by atoms with Crippen LogP contribution in [0.5, 0.6) is 0 Å². The van der Waals surface area contributed by atoms with Gasteiger partial charge in [-0.15, -0.1) is 0 Å². The highest BCUT2D eigenvalue weighted by atomic mass is 16.4. The van der Waals surface area contributed by atoms with Crippen molar-refractivity contribution in [1.29, 1.82) is 0 Å². The van der Waals surface area contributed by atoms with E-state index in [0.29, 0.717) is 18.9 Å². The number of fused-ring (bicyclic) bond motifs is 1. The number of aliphatic carboxylic acids is 1. The first-order valence-corrected chi connectivity index (χ1v) is 7.37. The molecule has 4 nitrogen and oxygen atoms in total. The van der Waals surface area contributed by atoms with Crippen LogP contribution in [0.1, 0.15) is 36.9 Å². The van der Waals surface area contributed by atoms with E-state index in [9.17, 15) is 14.7 Å². The summed E-state index contributed by atoms with van der Waals surface area (Å²) in [6, 6.07) is 6.62. The van der Waals surface area contributed by atoms with E-state index in [4.69, 9.17) is 0 Å². The molecular weight excluding hydrogens is 266 g/mol. The van der Waals surface area contributed by atoms with E-state index in [1.807, 2.05) is 31.2 Å². The maximum Gasteiger partial charge on any atom is 0.331 e. The van der Waals surface area contributed by atoms with E-state index in [-0.39, 0.29) is 5.91 Å². The molecule has 1 aliphatic heterocycles. The molecule has 1 saturated carbocycles. The standard InChI is InChI=1S/C17H19NO3/c1-11(12-6-7-12)10-15(19)18-9-8-13-4-2-3-5-14(13)16(18)17(20)21/h2-5,10,12,16H,6-9H2,1H3,(H,20,21)/b11-10-. The van der Waals surface area contributed by atoms with Crippen molar-refractivity contribution in [1.82, 2.24) is 4.90 Å². The Balaban J connectivity index is 1.90. The quantitative estimate of drug-likeness (QED) is 0.868. The maximum absolute atomic E-state index is 12.5. The Morgan fingerprint density at radius 1 is 1.29 bits per heavy atom. The summed E-state index contributed by atoms with van der Waals surface area (Å²) in [5.41, 5.74) is 2.84. The highest BCUT2D eigenvalue weighted by Crippen LogP contribution is 2.36. The van der Waals surface area contributed by atoms with Crippen LogP contribution >= 0.6 is 0 Å². The number of hydrogen-bond donors (Lipinski definition) is 1. The van der Waals surface area contributed by atoms with Gasteiger partial charge >= 0.3 is 5.97 Å². The summed E-state index contributed by atoms with van der Waals surface area (Å²) in [5, 5.41) is 9.55. The predicted molar refractivity (Wildman–Crippen MR) is 78.7 cm³/mol. The molecule has 3 rings (SSSR count). The Kier molecular flexibility index (Phi) is 3.53. The number of rotatable bonds is 3. The predicted octanol–water partition coefficient (Wildman–Crippen LogP) is 2.55. The fraction of sp³-hybridized carbons (Fsp3) is 0.412. The van der Waals surface area contributed by atoms with Crippen LogP contribution in [0.25, 0.3) is 0 Å².